The van der Waals surface area contributed by atoms with Crippen LogP contribution in [0.25, 0.3) is 55.1 Å². The summed E-state index contributed by atoms with van der Waals surface area (Å²) in [6.07, 6.45) is 41.4. The molecule has 4 aliphatic rings. The van der Waals surface area contributed by atoms with Crippen LogP contribution in [-0.4, -0.2) is 235 Å². The summed E-state index contributed by atoms with van der Waals surface area (Å²) in [6.45, 7) is 13.7. The molecule has 35 nitrogen and oxygen atoms in total. The van der Waals surface area contributed by atoms with E-state index in [9.17, 15) is 57.5 Å². The molecule has 4 fully saturated rings. The van der Waals surface area contributed by atoms with Gasteiger partial charge < -0.3 is 54.8 Å². The minimum absolute atomic E-state index is 0.00682. The SMILES string of the molecule is CC(=O)c1nn(CC(=O)N(C)C2CCCCCCCCCCNC2=O)c2ccc(-c3nnc(C)o3)cc12.CC(=O)c1nn(CC(=O)N(C)C2CCCCCCCCCCNC2=O)c2ccc(C)cc12.CC(=O)c1nn(CC(=O)N(C)C2CCCCCCCCCCNC2=O)c2ccc(Oc3ncc(C)cn3)cc12.COc1ccc2c(c1)c(C(C)=O)nn2CC(=O)N(C)C1CCCCCCCCCCNC1=O. The molecule has 35 heteroatoms. The standard InChI is InChI=1S/C29H38N6O4.C27H36N6O4.C25H36N4O4.C25H36N4O3/c1-20-17-31-29(32-18-20)39-22-13-14-24-23(16-22)27(21(2)36)33-35(24)19-26(37)34(3)25-12-10-8-6-4-5-7-9-11-15-30-28(25)38;1-18(34)25-21-16-20(27-30-29-19(2)37-27)13-14-22(21)33(31-25)17-24(35)32(3)23-12-10-8-6-4-5-7-9-11-15-28-26(23)36;1-18(30)24-20-16-19(33-3)13-14-21(20)29(27-24)17-23(31)28(2)22-12-10-8-6-4-5-7-9-11-15-26-25(22)32;1-18-13-14-21-20(16-18)24(19(2)30)27-29(21)17-23(31)28(3)22-12-10-8-6-4-5-7-9-11-15-26-25(22)32/h13-14,16-18,25H,4-12,15,19H2,1-3H3,(H,30,38);13-14,16,23H,4-12,15,17H2,1-3H3,(H,28,36);13-14,16,22H,4-12,15,17H2,1-3H3,(H,26,32);13-14,16,22H,4-12,15,17H2,1-3H3,(H,26,32). The molecule has 4 N–H and O–H groups in total. The number of benzene rings is 4. The maximum Gasteiger partial charge on any atom is 0.321 e. The molecule has 4 saturated heterocycles. The van der Waals surface area contributed by atoms with Crippen molar-refractivity contribution in [2.75, 3.05) is 61.5 Å². The Bertz CT molecular complexity index is 5930. The summed E-state index contributed by atoms with van der Waals surface area (Å²) in [5.41, 5.74) is 6.51. The monoisotopic (exact) mass is 1940 g/mol. The lowest BCUT2D eigenvalue weighted by Crippen LogP contribution is -2.48. The number of nitrogens with one attached hydrogen (secondary N) is 4. The fraction of sp³-hybridized carbons (Fsp3) is 0.566. The Hall–Kier alpha value is -13.0. The molecule has 8 amide bonds. The zero-order chi connectivity index (χ0) is 101. The van der Waals surface area contributed by atoms with E-state index in [0.717, 1.165) is 138 Å². The van der Waals surface area contributed by atoms with Crippen LogP contribution in [0, 0.1) is 20.8 Å². The largest absolute Gasteiger partial charge is 0.497 e. The van der Waals surface area contributed by atoms with Crippen LogP contribution in [0.3, 0.4) is 0 Å². The van der Waals surface area contributed by atoms with E-state index in [2.05, 4.69) is 61.8 Å². The molecule has 0 aliphatic carbocycles. The highest BCUT2D eigenvalue weighted by Crippen LogP contribution is 2.33. The van der Waals surface area contributed by atoms with E-state index in [1.807, 2.05) is 32.0 Å². The van der Waals surface area contributed by atoms with E-state index >= 15 is 0 Å². The highest BCUT2D eigenvalue weighted by Gasteiger charge is 2.34. The molecule has 760 valence electrons. The number of carbonyl (C=O) groups excluding carboxylic acids is 12. The maximum absolute atomic E-state index is 13.4. The lowest BCUT2D eigenvalue weighted by molar-refractivity contribution is -0.139. The number of Topliss-reactive ketones (excluding diaryl/α,β-unsaturated/α-hetero) is 4. The van der Waals surface area contributed by atoms with Crippen molar-refractivity contribution in [1.29, 1.82) is 0 Å². The second kappa shape index (κ2) is 54.7. The van der Waals surface area contributed by atoms with Crippen LogP contribution in [0.15, 0.2) is 89.6 Å². The van der Waals surface area contributed by atoms with Gasteiger partial charge in [-0.05, 0) is 138 Å². The summed E-state index contributed by atoms with van der Waals surface area (Å²) in [7, 11) is 8.30. The van der Waals surface area contributed by atoms with E-state index in [1.165, 1.54) is 137 Å². The molecule has 0 bridgehead atoms. The minimum atomic E-state index is -0.540. The van der Waals surface area contributed by atoms with Crippen molar-refractivity contribution in [3.63, 3.8) is 0 Å². The molecular weight excluding hydrogens is 1790 g/mol. The third-order valence-corrected chi connectivity index (χ3v) is 27.0. The fourth-order valence-electron chi connectivity index (χ4n) is 18.7. The number of hydrogen-bond acceptors (Lipinski definition) is 23. The highest BCUT2D eigenvalue weighted by molar-refractivity contribution is 6.08. The number of ketones is 4. The number of amides is 8. The number of aromatic nitrogens is 12. The van der Waals surface area contributed by atoms with E-state index in [4.69, 9.17) is 13.9 Å². The number of likely N-dealkylation sites (N-methyl/N-ethyl adjacent to an activating group) is 4. The second-order valence-electron chi connectivity index (χ2n) is 38.0. The Morgan fingerprint density at radius 3 is 0.929 bits per heavy atom. The fourth-order valence-corrected chi connectivity index (χ4v) is 18.7. The van der Waals surface area contributed by atoms with Crippen LogP contribution in [-0.2, 0) is 64.5 Å². The lowest BCUT2D eigenvalue weighted by atomic mass is 10.0. The van der Waals surface area contributed by atoms with Crippen LogP contribution < -0.4 is 30.7 Å². The van der Waals surface area contributed by atoms with Gasteiger partial charge in [0.1, 0.15) is 84.6 Å². The maximum atomic E-state index is 13.4. The molecule has 10 heterocycles. The predicted molar refractivity (Wildman–Crippen MR) is 540 cm³/mol. The van der Waals surface area contributed by atoms with Crippen LogP contribution in [0.4, 0.5) is 0 Å². The molecule has 14 rings (SSSR count). The summed E-state index contributed by atoms with van der Waals surface area (Å²) in [6, 6.07) is 19.8. The normalized spacial score (nSPS) is 18.1. The summed E-state index contributed by atoms with van der Waals surface area (Å²) in [5.74, 6) is -0.143. The van der Waals surface area contributed by atoms with Gasteiger partial charge in [-0.15, -0.1) is 10.2 Å². The molecule has 10 aromatic rings. The number of rotatable bonds is 20. The number of fused-ring (bicyclic) bond motifs is 4. The molecule has 141 heavy (non-hydrogen) atoms. The molecule has 4 atom stereocenters. The Kier molecular flexibility index (Phi) is 42.1. The first kappa shape index (κ1) is 108. The number of carbonyl (C=O) groups is 12. The van der Waals surface area contributed by atoms with Crippen molar-refractivity contribution in [2.45, 2.75) is 330 Å². The number of ether oxygens (including phenoxy) is 2. The first-order valence-electron chi connectivity index (χ1n) is 51.0. The zero-order valence-electron chi connectivity index (χ0n) is 84.8. The van der Waals surface area contributed by atoms with Gasteiger partial charge in [0, 0.05) is 128 Å². The molecule has 4 unspecified atom stereocenters. The minimum Gasteiger partial charge on any atom is -0.497 e. The van der Waals surface area contributed by atoms with Crippen molar-refractivity contribution in [3.8, 4) is 29.0 Å². The van der Waals surface area contributed by atoms with Gasteiger partial charge in [-0.3, -0.25) is 76.3 Å². The number of methoxy groups -OCH3 is 1. The molecule has 0 spiro atoms. The number of nitrogens with zero attached hydrogens (tertiary/aromatic N) is 16. The van der Waals surface area contributed by atoms with E-state index in [1.54, 1.807) is 128 Å². The van der Waals surface area contributed by atoms with Gasteiger partial charge in [0.25, 0.3) is 0 Å². The van der Waals surface area contributed by atoms with Crippen LogP contribution in [0.1, 0.15) is 318 Å². The average molecular weight is 1940 g/mol. The summed E-state index contributed by atoms with van der Waals surface area (Å²) < 4.78 is 22.8. The molecular formula is C106H146N20O15. The molecule has 6 aromatic heterocycles. The Labute approximate surface area is 826 Å². The van der Waals surface area contributed by atoms with Gasteiger partial charge in [0.05, 0.1) is 29.2 Å². The van der Waals surface area contributed by atoms with Gasteiger partial charge in [-0.25, -0.2) is 9.97 Å². The van der Waals surface area contributed by atoms with Gasteiger partial charge in [-0.2, -0.15) is 20.4 Å². The summed E-state index contributed by atoms with van der Waals surface area (Å²) in [4.78, 5) is 168. The summed E-state index contributed by atoms with van der Waals surface area (Å²) in [5, 5.41) is 40.4. The second-order valence-corrected chi connectivity index (χ2v) is 38.0. The Balaban J connectivity index is 0.000000180. The van der Waals surface area contributed by atoms with E-state index in [-0.39, 0.29) is 114 Å². The summed E-state index contributed by atoms with van der Waals surface area (Å²) >= 11 is 0. The molecule has 4 aliphatic heterocycles. The van der Waals surface area contributed by atoms with Gasteiger partial charge in [0.15, 0.2) is 23.1 Å². The van der Waals surface area contributed by atoms with Gasteiger partial charge in [0.2, 0.25) is 59.0 Å². The smallest absolute Gasteiger partial charge is 0.321 e. The Morgan fingerprint density at radius 2 is 0.624 bits per heavy atom. The van der Waals surface area contributed by atoms with Crippen molar-refractivity contribution < 1.29 is 71.4 Å². The highest BCUT2D eigenvalue weighted by atomic mass is 16.5. The van der Waals surface area contributed by atoms with Crippen molar-refractivity contribution in [2.24, 2.45) is 0 Å². The average Bonchev–Trinajstić information content (AvgIpc) is 1.64. The van der Waals surface area contributed by atoms with Crippen LogP contribution >= 0.6 is 0 Å². The van der Waals surface area contributed by atoms with Crippen molar-refractivity contribution in [1.82, 2.24) is 100 Å². The zero-order valence-corrected chi connectivity index (χ0v) is 84.8. The number of aryl methyl sites for hydroxylation is 3. The van der Waals surface area contributed by atoms with Gasteiger partial charge in [-0.1, -0.05) is 191 Å². The number of hydrogen-bond donors (Lipinski definition) is 4. The van der Waals surface area contributed by atoms with Crippen LogP contribution in [0.5, 0.6) is 17.5 Å². The van der Waals surface area contributed by atoms with Gasteiger partial charge >= 0.3 is 6.01 Å². The lowest BCUT2D eigenvalue weighted by Gasteiger charge is -2.27. The molecule has 4 aromatic carbocycles. The predicted octanol–water partition coefficient (Wildman–Crippen LogP) is 16.4. The topological polar surface area (TPSA) is 420 Å². The Morgan fingerprint density at radius 1 is 0.348 bits per heavy atom. The van der Waals surface area contributed by atoms with Crippen LogP contribution in [0.2, 0.25) is 0 Å². The van der Waals surface area contributed by atoms with E-state index < -0.39 is 24.2 Å². The molecule has 0 saturated carbocycles. The van der Waals surface area contributed by atoms with E-state index in [0.29, 0.717) is 125 Å². The quantitative estimate of drug-likeness (QED) is 0.0515. The third-order valence-electron chi connectivity index (χ3n) is 27.0. The van der Waals surface area contributed by atoms with Crippen molar-refractivity contribution >= 4 is 114 Å². The first-order chi connectivity index (χ1) is 68.0. The molecule has 0 radical (unpaired) electrons. The van der Waals surface area contributed by atoms with Crippen molar-refractivity contribution in [3.05, 3.63) is 125 Å². The first-order valence-corrected chi connectivity index (χ1v) is 51.0. The third kappa shape index (κ3) is 31.3.